The molecule has 1 fully saturated rings. The van der Waals surface area contributed by atoms with Crippen molar-refractivity contribution in [3.8, 4) is 0 Å². The summed E-state index contributed by atoms with van der Waals surface area (Å²) in [6.45, 7) is 2.15. The van der Waals surface area contributed by atoms with Crippen LogP contribution >= 0.6 is 23.2 Å². The topological polar surface area (TPSA) is 38.3 Å². The summed E-state index contributed by atoms with van der Waals surface area (Å²) in [5.41, 5.74) is 0.688. The van der Waals surface area contributed by atoms with Crippen LogP contribution in [0, 0.1) is 0 Å². The van der Waals surface area contributed by atoms with Gasteiger partial charge in [0.2, 0.25) is 0 Å². The van der Waals surface area contributed by atoms with E-state index in [1.165, 1.54) is 19.3 Å². The molecule has 0 aromatic heterocycles. The molecule has 1 aromatic carbocycles. The molecular weight excluding hydrogens is 309 g/mol. The maximum Gasteiger partial charge on any atom is 0.327 e. The van der Waals surface area contributed by atoms with E-state index in [0.29, 0.717) is 28.3 Å². The largest absolute Gasteiger partial charge is 0.465 e. The standard InChI is InChI=1S/C16H21Cl2NO2/c1-2-21-16(20)15(19-11-7-4-3-5-8-11)12-9-6-10-13(17)14(12)18/h6,9-11,15,19H,2-5,7-8H2,1H3. The van der Waals surface area contributed by atoms with Crippen LogP contribution in [0.5, 0.6) is 0 Å². The van der Waals surface area contributed by atoms with E-state index >= 15 is 0 Å². The van der Waals surface area contributed by atoms with Gasteiger partial charge in [0.1, 0.15) is 6.04 Å². The Morgan fingerprint density at radius 2 is 2.05 bits per heavy atom. The Kier molecular flexibility index (Phi) is 6.34. The van der Waals surface area contributed by atoms with Gasteiger partial charge in [0.05, 0.1) is 16.7 Å². The van der Waals surface area contributed by atoms with Crippen LogP contribution in [0.1, 0.15) is 50.6 Å². The van der Waals surface area contributed by atoms with Gasteiger partial charge in [-0.3, -0.25) is 5.32 Å². The fourth-order valence-electron chi connectivity index (χ4n) is 2.76. The van der Waals surface area contributed by atoms with Crippen molar-refractivity contribution in [3.63, 3.8) is 0 Å². The van der Waals surface area contributed by atoms with Crippen LogP contribution in [0.25, 0.3) is 0 Å². The number of halogens is 2. The molecule has 0 saturated heterocycles. The smallest absolute Gasteiger partial charge is 0.327 e. The monoisotopic (exact) mass is 329 g/mol. The second kappa shape index (κ2) is 8.02. The van der Waals surface area contributed by atoms with Crippen LogP contribution in [0.4, 0.5) is 0 Å². The molecule has 0 amide bonds. The number of hydrogen-bond donors (Lipinski definition) is 1. The number of nitrogens with one attached hydrogen (secondary N) is 1. The molecule has 1 aliphatic carbocycles. The molecule has 1 aromatic rings. The lowest BCUT2D eigenvalue weighted by atomic mass is 9.94. The van der Waals surface area contributed by atoms with Gasteiger partial charge < -0.3 is 4.74 Å². The molecule has 5 heteroatoms. The number of carbonyl (C=O) groups is 1. The number of esters is 1. The highest BCUT2D eigenvalue weighted by atomic mass is 35.5. The Morgan fingerprint density at radius 1 is 1.33 bits per heavy atom. The minimum atomic E-state index is -0.556. The van der Waals surface area contributed by atoms with E-state index in [2.05, 4.69) is 5.32 Å². The highest BCUT2D eigenvalue weighted by Crippen LogP contribution is 2.32. The number of ether oxygens (including phenoxy) is 1. The molecule has 1 aliphatic rings. The van der Waals surface area contributed by atoms with Gasteiger partial charge >= 0.3 is 5.97 Å². The van der Waals surface area contributed by atoms with E-state index in [1.807, 2.05) is 6.07 Å². The predicted octanol–water partition coefficient (Wildman–Crippen LogP) is 4.52. The SMILES string of the molecule is CCOC(=O)C(NC1CCCCC1)c1cccc(Cl)c1Cl. The number of benzene rings is 1. The van der Waals surface area contributed by atoms with Crippen molar-refractivity contribution in [2.45, 2.75) is 51.1 Å². The third kappa shape index (κ3) is 4.35. The molecule has 1 saturated carbocycles. The number of carbonyl (C=O) groups excluding carboxylic acids is 1. The number of hydrogen-bond acceptors (Lipinski definition) is 3. The van der Waals surface area contributed by atoms with Crippen LogP contribution < -0.4 is 5.32 Å². The summed E-state index contributed by atoms with van der Waals surface area (Å²) in [6.07, 6.45) is 5.80. The van der Waals surface area contributed by atoms with E-state index in [1.54, 1.807) is 19.1 Å². The molecule has 0 bridgehead atoms. The molecule has 0 aliphatic heterocycles. The van der Waals surface area contributed by atoms with Gasteiger partial charge in [0.25, 0.3) is 0 Å². The van der Waals surface area contributed by atoms with Gasteiger partial charge in [-0.15, -0.1) is 0 Å². The third-order valence-electron chi connectivity index (χ3n) is 3.82. The molecule has 2 rings (SSSR count). The summed E-state index contributed by atoms with van der Waals surface area (Å²) in [5, 5.41) is 4.28. The highest BCUT2D eigenvalue weighted by molar-refractivity contribution is 6.42. The number of rotatable bonds is 5. The first-order valence-electron chi connectivity index (χ1n) is 7.50. The van der Waals surface area contributed by atoms with E-state index in [-0.39, 0.29) is 5.97 Å². The lowest BCUT2D eigenvalue weighted by molar-refractivity contribution is -0.146. The van der Waals surface area contributed by atoms with Gasteiger partial charge in [-0.25, -0.2) is 4.79 Å². The van der Waals surface area contributed by atoms with Gasteiger partial charge in [0.15, 0.2) is 0 Å². The average molecular weight is 330 g/mol. The summed E-state index contributed by atoms with van der Waals surface area (Å²) in [6, 6.07) is 5.11. The Hall–Kier alpha value is -0.770. The molecule has 1 N–H and O–H groups in total. The Balaban J connectivity index is 2.22. The first-order valence-corrected chi connectivity index (χ1v) is 8.25. The van der Waals surface area contributed by atoms with Crippen molar-refractivity contribution in [2.75, 3.05) is 6.61 Å². The lowest BCUT2D eigenvalue weighted by Crippen LogP contribution is -2.39. The zero-order valence-corrected chi connectivity index (χ0v) is 13.7. The molecule has 1 unspecified atom stereocenters. The first-order chi connectivity index (χ1) is 10.1. The summed E-state index contributed by atoms with van der Waals surface area (Å²) in [7, 11) is 0. The zero-order valence-electron chi connectivity index (χ0n) is 12.2. The highest BCUT2D eigenvalue weighted by Gasteiger charge is 2.28. The second-order valence-corrected chi connectivity index (χ2v) is 6.11. The van der Waals surface area contributed by atoms with Crippen molar-refractivity contribution >= 4 is 29.2 Å². The van der Waals surface area contributed by atoms with Crippen LogP contribution in [0.15, 0.2) is 18.2 Å². The van der Waals surface area contributed by atoms with Crippen LogP contribution in [-0.2, 0) is 9.53 Å². The van der Waals surface area contributed by atoms with E-state index < -0.39 is 6.04 Å². The molecule has 0 radical (unpaired) electrons. The Morgan fingerprint density at radius 3 is 2.71 bits per heavy atom. The first kappa shape index (κ1) is 16.6. The lowest BCUT2D eigenvalue weighted by Gasteiger charge is -2.28. The Labute approximate surface area is 136 Å². The van der Waals surface area contributed by atoms with Crippen molar-refractivity contribution in [3.05, 3.63) is 33.8 Å². The second-order valence-electron chi connectivity index (χ2n) is 5.33. The van der Waals surface area contributed by atoms with Crippen molar-refractivity contribution < 1.29 is 9.53 Å². The maximum atomic E-state index is 12.3. The molecule has 0 spiro atoms. The quantitative estimate of drug-likeness (QED) is 0.807. The molecule has 21 heavy (non-hydrogen) atoms. The normalized spacial score (nSPS) is 17.5. The van der Waals surface area contributed by atoms with Gasteiger partial charge in [-0.05, 0) is 25.8 Å². The fraction of sp³-hybridized carbons (Fsp3) is 0.562. The summed E-state index contributed by atoms with van der Waals surface area (Å²) in [4.78, 5) is 12.3. The molecule has 116 valence electrons. The molecule has 0 heterocycles. The molecular formula is C16H21Cl2NO2. The summed E-state index contributed by atoms with van der Waals surface area (Å²) in [5.74, 6) is -0.299. The van der Waals surface area contributed by atoms with Gasteiger partial charge in [-0.2, -0.15) is 0 Å². The van der Waals surface area contributed by atoms with Crippen molar-refractivity contribution in [1.82, 2.24) is 5.32 Å². The van der Waals surface area contributed by atoms with E-state index in [0.717, 1.165) is 12.8 Å². The minimum Gasteiger partial charge on any atom is -0.465 e. The van der Waals surface area contributed by atoms with E-state index in [4.69, 9.17) is 27.9 Å². The zero-order chi connectivity index (χ0) is 15.2. The fourth-order valence-corrected chi connectivity index (χ4v) is 3.18. The third-order valence-corrected chi connectivity index (χ3v) is 4.66. The van der Waals surface area contributed by atoms with Crippen LogP contribution in [-0.4, -0.2) is 18.6 Å². The molecule has 3 nitrogen and oxygen atoms in total. The molecule has 1 atom stereocenters. The van der Waals surface area contributed by atoms with Crippen LogP contribution in [0.2, 0.25) is 10.0 Å². The van der Waals surface area contributed by atoms with Gasteiger partial charge in [0, 0.05) is 11.6 Å². The summed E-state index contributed by atoms with van der Waals surface area (Å²) < 4.78 is 5.19. The van der Waals surface area contributed by atoms with Crippen molar-refractivity contribution in [2.24, 2.45) is 0 Å². The van der Waals surface area contributed by atoms with Crippen LogP contribution in [0.3, 0.4) is 0 Å². The predicted molar refractivity (Wildman–Crippen MR) is 85.8 cm³/mol. The van der Waals surface area contributed by atoms with Gasteiger partial charge in [-0.1, -0.05) is 54.6 Å². The maximum absolute atomic E-state index is 12.3. The summed E-state index contributed by atoms with van der Waals surface area (Å²) >= 11 is 12.3. The Bertz CT molecular complexity index is 487. The average Bonchev–Trinajstić information content (AvgIpc) is 2.49. The van der Waals surface area contributed by atoms with Crippen molar-refractivity contribution in [1.29, 1.82) is 0 Å². The minimum absolute atomic E-state index is 0.299. The van der Waals surface area contributed by atoms with E-state index in [9.17, 15) is 4.79 Å².